The van der Waals surface area contributed by atoms with E-state index in [2.05, 4.69) is 10.0 Å². The van der Waals surface area contributed by atoms with Crippen molar-refractivity contribution in [1.82, 2.24) is 0 Å². The molecule has 1 saturated heterocycles. The molecule has 0 aromatic heterocycles. The third-order valence-electron chi connectivity index (χ3n) is 6.29. The van der Waals surface area contributed by atoms with Gasteiger partial charge >= 0.3 is 5.97 Å². The van der Waals surface area contributed by atoms with Crippen molar-refractivity contribution in [3.63, 3.8) is 0 Å². The lowest BCUT2D eigenvalue weighted by molar-refractivity contribution is -0.263. The quantitative estimate of drug-likeness (QED) is 0.187. The van der Waals surface area contributed by atoms with Crippen LogP contribution in [0, 0.1) is 0 Å². The molecule has 38 heavy (non-hydrogen) atoms. The van der Waals surface area contributed by atoms with E-state index in [1.165, 1.54) is 0 Å². The van der Waals surface area contributed by atoms with E-state index in [0.717, 1.165) is 16.7 Å². The lowest BCUT2D eigenvalue weighted by Crippen LogP contribution is -2.61. The Balaban J connectivity index is 1.64. The number of hydrogen-bond acceptors (Lipinski definition) is 6. The lowest BCUT2D eigenvalue weighted by atomic mass is 9.92. The molecule has 0 saturated carbocycles. The number of hydrogen-bond donors (Lipinski definition) is 1. The van der Waals surface area contributed by atoms with Crippen LogP contribution in [0.1, 0.15) is 23.1 Å². The van der Waals surface area contributed by atoms with Crippen LogP contribution in [-0.2, 0) is 43.6 Å². The van der Waals surface area contributed by atoms with Crippen LogP contribution < -0.4 is 0 Å². The summed E-state index contributed by atoms with van der Waals surface area (Å²) < 4.78 is 25.3. The highest BCUT2D eigenvalue weighted by atomic mass is 16.6. The van der Waals surface area contributed by atoms with E-state index < -0.39 is 36.5 Å². The average Bonchev–Trinajstić information content (AvgIpc) is 2.95. The van der Waals surface area contributed by atoms with Crippen LogP contribution in [-0.4, -0.2) is 48.1 Å². The Morgan fingerprint density at radius 1 is 0.737 bits per heavy atom. The van der Waals surface area contributed by atoms with Gasteiger partial charge in [0.1, 0.15) is 18.3 Å². The summed E-state index contributed by atoms with van der Waals surface area (Å²) in [6, 6.07) is 28.9. The van der Waals surface area contributed by atoms with Gasteiger partial charge in [0.05, 0.1) is 45.0 Å². The van der Waals surface area contributed by atoms with Crippen molar-refractivity contribution in [2.75, 3.05) is 6.54 Å². The second-order valence-electron chi connectivity index (χ2n) is 9.01. The van der Waals surface area contributed by atoms with E-state index in [-0.39, 0.29) is 32.8 Å². The molecule has 1 fully saturated rings. The first-order valence-corrected chi connectivity index (χ1v) is 12.5. The fourth-order valence-corrected chi connectivity index (χ4v) is 4.48. The van der Waals surface area contributed by atoms with Crippen molar-refractivity contribution in [3.8, 4) is 0 Å². The maximum Gasteiger partial charge on any atom is 0.306 e. The number of carboxylic acid groups (broad SMARTS) is 1. The summed E-state index contributed by atoms with van der Waals surface area (Å²) in [4.78, 5) is 14.7. The second kappa shape index (κ2) is 14.3. The minimum atomic E-state index is -1.03. The van der Waals surface area contributed by atoms with Crippen LogP contribution in [0.3, 0.4) is 0 Å². The van der Waals surface area contributed by atoms with E-state index in [1.807, 2.05) is 91.0 Å². The monoisotopic (exact) mass is 517 g/mol. The highest BCUT2D eigenvalue weighted by Gasteiger charge is 2.48. The molecule has 1 heterocycles. The number of benzene rings is 3. The first kappa shape index (κ1) is 27.3. The summed E-state index contributed by atoms with van der Waals surface area (Å²) in [5.74, 6) is -1.03. The number of azide groups is 1. The topological polar surface area (TPSA) is 123 Å². The second-order valence-corrected chi connectivity index (χ2v) is 9.01. The van der Waals surface area contributed by atoms with Gasteiger partial charge in [0, 0.05) is 4.91 Å². The van der Waals surface area contributed by atoms with Gasteiger partial charge in [-0.2, -0.15) is 0 Å². The normalized spacial score (nSPS) is 22.9. The van der Waals surface area contributed by atoms with Crippen LogP contribution in [0.2, 0.25) is 0 Å². The predicted octanol–water partition coefficient (Wildman–Crippen LogP) is 5.30. The molecular formula is C29H31N3O6. The molecule has 4 rings (SSSR count). The molecule has 5 atom stereocenters. The zero-order valence-electron chi connectivity index (χ0n) is 20.9. The highest BCUT2D eigenvalue weighted by molar-refractivity contribution is 5.67. The van der Waals surface area contributed by atoms with Crippen LogP contribution >= 0.6 is 0 Å². The summed E-state index contributed by atoms with van der Waals surface area (Å²) in [6.07, 6.45) is -4.00. The van der Waals surface area contributed by atoms with Gasteiger partial charge in [-0.25, -0.2) is 0 Å². The SMILES string of the molecule is [N-]=[N+]=NC[C@H]1O[C@H](CC(=O)O)[C@H](OCc2ccccc2)[C@@H](OCc2ccccc2)[C@@H]1OCc1ccccc1. The molecule has 198 valence electrons. The van der Waals surface area contributed by atoms with Crippen molar-refractivity contribution in [1.29, 1.82) is 0 Å². The molecule has 0 unspecified atom stereocenters. The molecule has 0 radical (unpaired) electrons. The standard InChI is InChI=1S/C29H31N3O6/c30-32-31-17-25-28(36-19-22-12-6-2-7-13-22)29(37-20-23-14-8-3-9-15-23)27(24(38-25)16-26(33)34)35-18-21-10-4-1-5-11-21/h1-15,24-25,27-29H,16-20H2,(H,33,34)/t24-,25-,27+,28-,29-/m1/s1. The maximum atomic E-state index is 11.8. The fourth-order valence-electron chi connectivity index (χ4n) is 4.48. The Kier molecular flexibility index (Phi) is 10.3. The van der Waals surface area contributed by atoms with Crippen LogP contribution in [0.4, 0.5) is 0 Å². The van der Waals surface area contributed by atoms with Crippen molar-refractivity contribution in [3.05, 3.63) is 118 Å². The van der Waals surface area contributed by atoms with Crippen molar-refractivity contribution < 1.29 is 28.8 Å². The van der Waals surface area contributed by atoms with Gasteiger partial charge in [0.25, 0.3) is 0 Å². The molecular weight excluding hydrogens is 486 g/mol. The van der Waals surface area contributed by atoms with Gasteiger partial charge in [0.2, 0.25) is 0 Å². The Hall–Kier alpha value is -3.72. The minimum Gasteiger partial charge on any atom is -0.481 e. The Morgan fingerprint density at radius 2 is 1.16 bits per heavy atom. The molecule has 0 amide bonds. The molecule has 9 heteroatoms. The molecule has 1 N–H and O–H groups in total. The Labute approximate surface area is 221 Å². The van der Waals surface area contributed by atoms with Crippen molar-refractivity contribution >= 4 is 5.97 Å². The summed E-state index contributed by atoms with van der Waals surface area (Å²) in [5.41, 5.74) is 11.8. The predicted molar refractivity (Wildman–Crippen MR) is 140 cm³/mol. The van der Waals surface area contributed by atoms with Gasteiger partial charge < -0.3 is 24.1 Å². The number of carbonyl (C=O) groups is 1. The van der Waals surface area contributed by atoms with Gasteiger partial charge in [-0.3, -0.25) is 4.79 Å². The molecule has 0 aliphatic carbocycles. The molecule has 1 aliphatic heterocycles. The fraction of sp³-hybridized carbons (Fsp3) is 0.345. The number of rotatable bonds is 13. The van der Waals surface area contributed by atoms with Crippen LogP contribution in [0.25, 0.3) is 10.4 Å². The van der Waals surface area contributed by atoms with E-state index in [4.69, 9.17) is 24.5 Å². The average molecular weight is 518 g/mol. The van der Waals surface area contributed by atoms with E-state index >= 15 is 0 Å². The van der Waals surface area contributed by atoms with Crippen molar-refractivity contribution in [2.24, 2.45) is 5.11 Å². The number of carboxylic acids is 1. The lowest BCUT2D eigenvalue weighted by Gasteiger charge is -2.46. The summed E-state index contributed by atoms with van der Waals surface area (Å²) >= 11 is 0. The number of ether oxygens (including phenoxy) is 4. The summed E-state index contributed by atoms with van der Waals surface area (Å²) in [7, 11) is 0. The van der Waals surface area contributed by atoms with Gasteiger partial charge in [-0.15, -0.1) is 0 Å². The Morgan fingerprint density at radius 3 is 1.58 bits per heavy atom. The van der Waals surface area contributed by atoms with Crippen LogP contribution in [0.15, 0.2) is 96.1 Å². The number of aliphatic carboxylic acids is 1. The smallest absolute Gasteiger partial charge is 0.306 e. The molecule has 3 aromatic rings. The molecule has 1 aliphatic rings. The largest absolute Gasteiger partial charge is 0.481 e. The van der Waals surface area contributed by atoms with Gasteiger partial charge in [0.15, 0.2) is 0 Å². The summed E-state index contributed by atoms with van der Waals surface area (Å²) in [5, 5.41) is 13.4. The van der Waals surface area contributed by atoms with Gasteiger partial charge in [-0.1, -0.05) is 96.1 Å². The first-order valence-electron chi connectivity index (χ1n) is 12.5. The molecule has 3 aromatic carbocycles. The number of nitrogens with zero attached hydrogens (tertiary/aromatic N) is 3. The molecule has 0 bridgehead atoms. The molecule has 0 spiro atoms. The first-order chi connectivity index (χ1) is 18.6. The zero-order chi connectivity index (χ0) is 26.6. The maximum absolute atomic E-state index is 11.8. The van der Waals surface area contributed by atoms with E-state index in [9.17, 15) is 9.90 Å². The zero-order valence-corrected chi connectivity index (χ0v) is 20.9. The Bertz CT molecular complexity index is 1120. The summed E-state index contributed by atoms with van der Waals surface area (Å²) in [6.45, 7) is 0.725. The third-order valence-corrected chi connectivity index (χ3v) is 6.29. The van der Waals surface area contributed by atoms with E-state index in [0.29, 0.717) is 0 Å². The van der Waals surface area contributed by atoms with Crippen LogP contribution in [0.5, 0.6) is 0 Å². The van der Waals surface area contributed by atoms with Gasteiger partial charge in [-0.05, 0) is 22.2 Å². The minimum absolute atomic E-state index is 0.0390. The molecule has 9 nitrogen and oxygen atoms in total. The third kappa shape index (κ3) is 7.89. The highest BCUT2D eigenvalue weighted by Crippen LogP contribution is 2.32. The van der Waals surface area contributed by atoms with E-state index in [1.54, 1.807) is 0 Å². The van der Waals surface area contributed by atoms with Crippen molar-refractivity contribution in [2.45, 2.75) is 56.8 Å².